The molecule has 26 heavy (non-hydrogen) atoms. The Kier molecular flexibility index (Phi) is 6.48. The summed E-state index contributed by atoms with van der Waals surface area (Å²) in [6, 6.07) is 10.5. The van der Waals surface area contributed by atoms with Crippen LogP contribution < -0.4 is 10.2 Å². The second kappa shape index (κ2) is 8.80. The molecule has 1 aromatic carbocycles. The van der Waals surface area contributed by atoms with E-state index >= 15 is 0 Å². The van der Waals surface area contributed by atoms with Crippen LogP contribution in [-0.2, 0) is 16.1 Å². The number of aromatic hydroxyl groups is 2. The lowest BCUT2D eigenvalue weighted by molar-refractivity contribution is -0.148. The Morgan fingerprint density at radius 1 is 1.08 bits per heavy atom. The maximum atomic E-state index is 12.3. The molecule has 1 heterocycles. The summed E-state index contributed by atoms with van der Waals surface area (Å²) >= 11 is 0. The Morgan fingerprint density at radius 3 is 2.27 bits per heavy atom. The molecular weight excluding hydrogens is 340 g/mol. The second-order valence-electron chi connectivity index (χ2n) is 6.14. The van der Waals surface area contributed by atoms with E-state index in [1.54, 1.807) is 0 Å². The van der Waals surface area contributed by atoms with E-state index in [1.165, 1.54) is 12.1 Å². The molecule has 0 bridgehead atoms. The summed E-state index contributed by atoms with van der Waals surface area (Å²) in [6.45, 7) is 3.82. The first kappa shape index (κ1) is 19.2. The minimum Gasteiger partial charge on any atom is -0.492 e. The SMILES string of the molecule is CC(C)C[C@H](NC(=O)OCc1ccccc1)C(=O)On1c(O)ccc1O. The van der Waals surface area contributed by atoms with Crippen molar-refractivity contribution in [2.24, 2.45) is 5.92 Å². The van der Waals surface area contributed by atoms with Gasteiger partial charge in [0.1, 0.15) is 12.6 Å². The third-order valence-electron chi connectivity index (χ3n) is 3.48. The number of amides is 1. The van der Waals surface area contributed by atoms with Crippen LogP contribution in [0.4, 0.5) is 4.79 Å². The van der Waals surface area contributed by atoms with Gasteiger partial charge in [0, 0.05) is 12.1 Å². The Morgan fingerprint density at radius 2 is 1.69 bits per heavy atom. The van der Waals surface area contributed by atoms with Crippen molar-refractivity contribution in [3.63, 3.8) is 0 Å². The number of nitrogens with one attached hydrogen (secondary N) is 1. The fourth-order valence-electron chi connectivity index (χ4n) is 2.24. The average molecular weight is 362 g/mol. The second-order valence-corrected chi connectivity index (χ2v) is 6.14. The molecule has 2 aromatic rings. The van der Waals surface area contributed by atoms with Crippen molar-refractivity contribution in [3.8, 4) is 11.8 Å². The zero-order chi connectivity index (χ0) is 19.1. The Balaban J connectivity index is 1.97. The molecule has 0 aliphatic heterocycles. The van der Waals surface area contributed by atoms with E-state index in [0.29, 0.717) is 11.2 Å². The van der Waals surface area contributed by atoms with Gasteiger partial charge < -0.3 is 25.1 Å². The van der Waals surface area contributed by atoms with Crippen LogP contribution in [0.15, 0.2) is 42.5 Å². The molecule has 140 valence electrons. The molecular formula is C18H22N2O6. The summed E-state index contributed by atoms with van der Waals surface area (Å²) in [4.78, 5) is 29.3. The van der Waals surface area contributed by atoms with Gasteiger partial charge in [0.05, 0.1) is 0 Å². The van der Waals surface area contributed by atoms with E-state index in [4.69, 9.17) is 9.57 Å². The molecule has 0 aliphatic rings. The van der Waals surface area contributed by atoms with Gasteiger partial charge in [-0.1, -0.05) is 44.2 Å². The van der Waals surface area contributed by atoms with E-state index in [0.717, 1.165) is 5.56 Å². The molecule has 3 N–H and O–H groups in total. The van der Waals surface area contributed by atoms with Crippen molar-refractivity contribution in [2.75, 3.05) is 0 Å². The highest BCUT2D eigenvalue weighted by Crippen LogP contribution is 2.19. The van der Waals surface area contributed by atoms with Gasteiger partial charge in [-0.25, -0.2) is 9.59 Å². The first-order chi connectivity index (χ1) is 12.4. The minimum atomic E-state index is -1.00. The fourth-order valence-corrected chi connectivity index (χ4v) is 2.24. The predicted molar refractivity (Wildman–Crippen MR) is 92.4 cm³/mol. The summed E-state index contributed by atoms with van der Waals surface area (Å²) in [5.74, 6) is -1.64. The molecule has 0 saturated carbocycles. The van der Waals surface area contributed by atoms with Crippen molar-refractivity contribution < 1.29 is 29.4 Å². The lowest BCUT2D eigenvalue weighted by Crippen LogP contribution is -2.45. The number of carbonyl (C=O) groups is 2. The minimum absolute atomic E-state index is 0.0648. The van der Waals surface area contributed by atoms with Gasteiger partial charge in [0.25, 0.3) is 0 Å². The molecule has 0 spiro atoms. The lowest BCUT2D eigenvalue weighted by atomic mass is 10.0. The van der Waals surface area contributed by atoms with Crippen LogP contribution >= 0.6 is 0 Å². The fraction of sp³-hybridized carbons (Fsp3) is 0.333. The predicted octanol–water partition coefficient (Wildman–Crippen LogP) is 2.20. The highest BCUT2D eigenvalue weighted by molar-refractivity contribution is 5.81. The Bertz CT molecular complexity index is 722. The van der Waals surface area contributed by atoms with Gasteiger partial charge in [-0.3, -0.25) is 0 Å². The van der Waals surface area contributed by atoms with Crippen LogP contribution in [-0.4, -0.2) is 33.0 Å². The van der Waals surface area contributed by atoms with Crippen LogP contribution in [0.3, 0.4) is 0 Å². The highest BCUT2D eigenvalue weighted by atomic mass is 16.7. The molecule has 8 nitrogen and oxygen atoms in total. The van der Waals surface area contributed by atoms with E-state index in [-0.39, 0.29) is 12.5 Å². The topological polar surface area (TPSA) is 110 Å². The quantitative estimate of drug-likeness (QED) is 0.696. The summed E-state index contributed by atoms with van der Waals surface area (Å²) in [7, 11) is 0. The molecule has 8 heteroatoms. The maximum Gasteiger partial charge on any atom is 0.408 e. The first-order valence-corrected chi connectivity index (χ1v) is 8.16. The molecule has 0 aliphatic carbocycles. The number of benzene rings is 1. The van der Waals surface area contributed by atoms with Gasteiger partial charge in [-0.15, -0.1) is 4.73 Å². The zero-order valence-corrected chi connectivity index (χ0v) is 14.6. The number of hydrogen-bond acceptors (Lipinski definition) is 6. The molecule has 0 unspecified atom stereocenters. The molecule has 2 rings (SSSR count). The standard InChI is InChI=1S/C18H22N2O6/c1-12(2)10-14(17(23)26-20-15(21)8-9-16(20)22)19-18(24)25-11-13-6-4-3-5-7-13/h3-9,12,14,21-22H,10-11H2,1-2H3,(H,19,24)/t14-/m0/s1. The number of nitrogens with zero attached hydrogens (tertiary/aromatic N) is 1. The Hall–Kier alpha value is -3.16. The third kappa shape index (κ3) is 5.44. The normalized spacial score (nSPS) is 11.8. The lowest BCUT2D eigenvalue weighted by Gasteiger charge is -2.19. The zero-order valence-electron chi connectivity index (χ0n) is 14.6. The Labute approximate surface area is 150 Å². The van der Waals surface area contributed by atoms with Crippen LogP contribution in [0.5, 0.6) is 11.8 Å². The van der Waals surface area contributed by atoms with E-state index in [2.05, 4.69) is 5.32 Å². The van der Waals surface area contributed by atoms with Crippen molar-refractivity contribution in [2.45, 2.75) is 32.9 Å². The number of aromatic nitrogens is 1. The van der Waals surface area contributed by atoms with Gasteiger partial charge in [-0.05, 0) is 17.9 Å². The highest BCUT2D eigenvalue weighted by Gasteiger charge is 2.26. The molecule has 0 fully saturated rings. The molecule has 1 amide bonds. The third-order valence-corrected chi connectivity index (χ3v) is 3.48. The van der Waals surface area contributed by atoms with Gasteiger partial charge in [-0.2, -0.15) is 0 Å². The summed E-state index contributed by atoms with van der Waals surface area (Å²) in [6.07, 6.45) is -0.473. The number of alkyl carbamates (subject to hydrolysis) is 1. The molecule has 0 saturated heterocycles. The van der Waals surface area contributed by atoms with Gasteiger partial charge in [0.15, 0.2) is 0 Å². The smallest absolute Gasteiger partial charge is 0.408 e. The maximum absolute atomic E-state index is 12.3. The number of rotatable bonds is 7. The first-order valence-electron chi connectivity index (χ1n) is 8.16. The van der Waals surface area contributed by atoms with Gasteiger partial charge in [0.2, 0.25) is 11.8 Å². The van der Waals surface area contributed by atoms with Crippen molar-refractivity contribution in [1.29, 1.82) is 0 Å². The summed E-state index contributed by atoms with van der Waals surface area (Å²) in [5.41, 5.74) is 0.813. The number of carbonyl (C=O) groups excluding carboxylic acids is 2. The van der Waals surface area contributed by atoms with Crippen molar-refractivity contribution in [1.82, 2.24) is 10.0 Å². The molecule has 0 radical (unpaired) electrons. The van der Waals surface area contributed by atoms with Crippen LogP contribution in [0.2, 0.25) is 0 Å². The van der Waals surface area contributed by atoms with Crippen molar-refractivity contribution in [3.05, 3.63) is 48.0 Å². The monoisotopic (exact) mass is 362 g/mol. The molecule has 1 atom stereocenters. The van der Waals surface area contributed by atoms with E-state index in [9.17, 15) is 19.8 Å². The van der Waals surface area contributed by atoms with Crippen LogP contribution in [0, 0.1) is 5.92 Å². The van der Waals surface area contributed by atoms with Crippen molar-refractivity contribution >= 4 is 12.1 Å². The number of ether oxygens (including phenoxy) is 1. The number of hydrogen-bond donors (Lipinski definition) is 3. The average Bonchev–Trinajstić information content (AvgIpc) is 2.92. The van der Waals surface area contributed by atoms with Crippen LogP contribution in [0.25, 0.3) is 0 Å². The largest absolute Gasteiger partial charge is 0.492 e. The van der Waals surface area contributed by atoms with E-state index < -0.39 is 29.9 Å². The summed E-state index contributed by atoms with van der Waals surface area (Å²) < 4.78 is 5.69. The molecule has 1 aromatic heterocycles. The van der Waals surface area contributed by atoms with Crippen LogP contribution in [0.1, 0.15) is 25.8 Å². The summed E-state index contributed by atoms with van der Waals surface area (Å²) in [5, 5.41) is 21.6. The van der Waals surface area contributed by atoms with E-state index in [1.807, 2.05) is 44.2 Å². The van der Waals surface area contributed by atoms with Gasteiger partial charge >= 0.3 is 12.1 Å².